The van der Waals surface area contributed by atoms with Gasteiger partial charge in [-0.2, -0.15) is 0 Å². The lowest BCUT2D eigenvalue weighted by atomic mass is 10.1. The van der Waals surface area contributed by atoms with E-state index in [1.807, 2.05) is 20.8 Å². The Labute approximate surface area is 213 Å². The summed E-state index contributed by atoms with van der Waals surface area (Å²) in [5, 5.41) is 3.37. The first-order valence-corrected chi connectivity index (χ1v) is 13.5. The average molecular weight is 524 g/mol. The van der Waals surface area contributed by atoms with Gasteiger partial charge >= 0.3 is 0 Å². The molecule has 35 heavy (non-hydrogen) atoms. The number of halogens is 1. The van der Waals surface area contributed by atoms with Gasteiger partial charge in [-0.1, -0.05) is 35.9 Å². The van der Waals surface area contributed by atoms with Gasteiger partial charge in [0.2, 0.25) is 21.8 Å². The Morgan fingerprint density at radius 3 is 2.34 bits per heavy atom. The van der Waals surface area contributed by atoms with E-state index in [-0.39, 0.29) is 18.1 Å². The van der Waals surface area contributed by atoms with Crippen LogP contribution >= 0.6 is 11.6 Å². The molecule has 2 rings (SSSR count). The molecule has 0 bridgehead atoms. The summed E-state index contributed by atoms with van der Waals surface area (Å²) in [6.07, 6.45) is 1.03. The highest BCUT2D eigenvalue weighted by atomic mass is 35.5. The van der Waals surface area contributed by atoms with E-state index in [2.05, 4.69) is 5.32 Å². The fourth-order valence-corrected chi connectivity index (χ4v) is 4.49. The summed E-state index contributed by atoms with van der Waals surface area (Å²) < 4.78 is 32.1. The number of nitrogens with one attached hydrogen (secondary N) is 1. The number of hydrogen-bond donors (Lipinski definition) is 1. The van der Waals surface area contributed by atoms with E-state index in [9.17, 15) is 18.0 Å². The summed E-state index contributed by atoms with van der Waals surface area (Å²) in [6.45, 7) is 8.83. The zero-order chi connectivity index (χ0) is 26.4. The molecule has 0 aromatic heterocycles. The maximum absolute atomic E-state index is 13.6. The van der Waals surface area contributed by atoms with Gasteiger partial charge in [-0.15, -0.1) is 0 Å². The number of ether oxygens (including phenoxy) is 1. The predicted octanol–water partition coefficient (Wildman–Crippen LogP) is 3.84. The molecule has 1 N–H and O–H groups in total. The van der Waals surface area contributed by atoms with Gasteiger partial charge in [-0.3, -0.25) is 13.9 Å². The zero-order valence-corrected chi connectivity index (χ0v) is 22.6. The highest BCUT2D eigenvalue weighted by Crippen LogP contribution is 2.30. The molecule has 0 heterocycles. The van der Waals surface area contributed by atoms with Crippen molar-refractivity contribution in [1.82, 2.24) is 10.2 Å². The van der Waals surface area contributed by atoms with Crippen LogP contribution in [0.3, 0.4) is 0 Å². The number of benzene rings is 2. The molecule has 8 nitrogen and oxygen atoms in total. The lowest BCUT2D eigenvalue weighted by Crippen LogP contribution is -2.54. The number of hydrogen-bond acceptors (Lipinski definition) is 5. The molecule has 0 saturated carbocycles. The number of anilines is 1. The molecule has 10 heteroatoms. The molecular weight excluding hydrogens is 490 g/mol. The fraction of sp³-hybridized carbons (Fsp3) is 0.440. The molecule has 2 aromatic carbocycles. The summed E-state index contributed by atoms with van der Waals surface area (Å²) in [6, 6.07) is 12.7. The van der Waals surface area contributed by atoms with Crippen molar-refractivity contribution in [3.63, 3.8) is 0 Å². The molecule has 0 aliphatic heterocycles. The SMILES string of the molecule is CCOc1ccccc1N(CC(=O)N(Cc1cccc(Cl)c1)C(C)C(=O)NC(C)(C)C)S(C)(=O)=O. The topological polar surface area (TPSA) is 96.0 Å². The van der Waals surface area contributed by atoms with Crippen molar-refractivity contribution in [3.05, 3.63) is 59.1 Å². The van der Waals surface area contributed by atoms with Crippen molar-refractivity contribution >= 4 is 39.1 Å². The van der Waals surface area contributed by atoms with Crippen LogP contribution in [0.25, 0.3) is 0 Å². The summed E-state index contributed by atoms with van der Waals surface area (Å²) in [5.41, 5.74) is 0.451. The number of sulfonamides is 1. The Morgan fingerprint density at radius 1 is 1.11 bits per heavy atom. The summed E-state index contributed by atoms with van der Waals surface area (Å²) in [7, 11) is -3.86. The van der Waals surface area contributed by atoms with Gasteiger partial charge in [-0.25, -0.2) is 8.42 Å². The molecular formula is C25H34ClN3O5S. The van der Waals surface area contributed by atoms with Crippen molar-refractivity contribution in [3.8, 4) is 5.75 Å². The second kappa shape index (κ2) is 11.8. The van der Waals surface area contributed by atoms with Gasteiger partial charge in [-0.05, 0) is 64.4 Å². The molecule has 0 spiro atoms. The minimum absolute atomic E-state index is 0.0723. The minimum Gasteiger partial charge on any atom is -0.492 e. The Bertz CT molecular complexity index is 1150. The first kappa shape index (κ1) is 28.5. The number of rotatable bonds is 10. The van der Waals surface area contributed by atoms with Gasteiger partial charge in [0, 0.05) is 17.1 Å². The largest absolute Gasteiger partial charge is 0.492 e. The van der Waals surface area contributed by atoms with E-state index < -0.39 is 34.1 Å². The van der Waals surface area contributed by atoms with E-state index in [1.54, 1.807) is 62.4 Å². The Kier molecular flexibility index (Phi) is 9.57. The number of carbonyl (C=O) groups is 2. The molecule has 0 radical (unpaired) electrons. The highest BCUT2D eigenvalue weighted by Gasteiger charge is 2.32. The van der Waals surface area contributed by atoms with Gasteiger partial charge in [0.05, 0.1) is 18.6 Å². The van der Waals surface area contributed by atoms with Crippen molar-refractivity contribution in [2.24, 2.45) is 0 Å². The van der Waals surface area contributed by atoms with Gasteiger partial charge in [0.1, 0.15) is 18.3 Å². The standard InChI is InChI=1S/C25H34ClN3O5S/c1-7-34-22-14-9-8-13-21(22)29(35(6,32)33)17-23(30)28(16-19-11-10-12-20(26)15-19)18(2)24(31)27-25(3,4)5/h8-15,18H,7,16-17H2,1-6H3,(H,27,31). The third-order valence-electron chi connectivity index (χ3n) is 5.02. The van der Waals surface area contributed by atoms with Crippen molar-refractivity contribution in [2.75, 3.05) is 23.7 Å². The van der Waals surface area contributed by atoms with E-state index >= 15 is 0 Å². The second-order valence-electron chi connectivity index (χ2n) is 9.24. The van der Waals surface area contributed by atoms with E-state index in [0.29, 0.717) is 22.9 Å². The molecule has 0 aliphatic rings. The lowest BCUT2D eigenvalue weighted by molar-refractivity contribution is -0.140. The highest BCUT2D eigenvalue weighted by molar-refractivity contribution is 7.92. The van der Waals surface area contributed by atoms with Crippen LogP contribution in [0.4, 0.5) is 5.69 Å². The summed E-state index contributed by atoms with van der Waals surface area (Å²) in [5.74, 6) is -0.556. The van der Waals surface area contributed by atoms with E-state index in [0.717, 1.165) is 10.6 Å². The van der Waals surface area contributed by atoms with Crippen molar-refractivity contribution in [2.45, 2.75) is 52.7 Å². The van der Waals surface area contributed by atoms with Gasteiger partial charge in [0.25, 0.3) is 0 Å². The van der Waals surface area contributed by atoms with Crippen LogP contribution in [-0.4, -0.2) is 56.1 Å². The van der Waals surface area contributed by atoms with Crippen LogP contribution in [0.5, 0.6) is 5.75 Å². The quantitative estimate of drug-likeness (QED) is 0.510. The van der Waals surface area contributed by atoms with Crippen LogP contribution in [0.1, 0.15) is 40.2 Å². The van der Waals surface area contributed by atoms with Crippen LogP contribution in [0, 0.1) is 0 Å². The first-order chi connectivity index (χ1) is 16.2. The zero-order valence-electron chi connectivity index (χ0n) is 21.0. The van der Waals surface area contributed by atoms with Gasteiger partial charge in [0.15, 0.2) is 0 Å². The Morgan fingerprint density at radius 2 is 1.77 bits per heavy atom. The van der Waals surface area contributed by atoms with Crippen LogP contribution in [0.15, 0.2) is 48.5 Å². The maximum atomic E-state index is 13.6. The predicted molar refractivity (Wildman–Crippen MR) is 139 cm³/mol. The molecule has 0 saturated heterocycles. The third-order valence-corrected chi connectivity index (χ3v) is 6.38. The summed E-state index contributed by atoms with van der Waals surface area (Å²) >= 11 is 6.12. The van der Waals surface area contributed by atoms with Gasteiger partial charge < -0.3 is 15.0 Å². The summed E-state index contributed by atoms with van der Waals surface area (Å²) in [4.78, 5) is 27.9. The molecule has 1 unspecified atom stereocenters. The molecule has 0 aliphatic carbocycles. The van der Waals surface area contributed by atoms with Crippen molar-refractivity contribution in [1.29, 1.82) is 0 Å². The molecule has 0 fully saturated rings. The number of amides is 2. The Balaban J connectivity index is 2.45. The van der Waals surface area contributed by atoms with Crippen LogP contribution in [-0.2, 0) is 26.2 Å². The normalized spacial score (nSPS) is 12.5. The second-order valence-corrected chi connectivity index (χ2v) is 11.6. The minimum atomic E-state index is -3.86. The first-order valence-electron chi connectivity index (χ1n) is 11.3. The molecule has 192 valence electrons. The van der Waals surface area contributed by atoms with E-state index in [4.69, 9.17) is 16.3 Å². The van der Waals surface area contributed by atoms with Crippen LogP contribution < -0.4 is 14.4 Å². The third kappa shape index (κ3) is 8.43. The molecule has 1 atom stereocenters. The Hall–Kier alpha value is -2.78. The maximum Gasteiger partial charge on any atom is 0.244 e. The lowest BCUT2D eigenvalue weighted by Gasteiger charge is -2.33. The number of para-hydroxylation sites is 2. The van der Waals surface area contributed by atoms with Crippen LogP contribution in [0.2, 0.25) is 5.02 Å². The molecule has 2 amide bonds. The van der Waals surface area contributed by atoms with E-state index in [1.165, 1.54) is 4.90 Å². The number of carbonyl (C=O) groups excluding carboxylic acids is 2. The monoisotopic (exact) mass is 523 g/mol. The fourth-order valence-electron chi connectivity index (χ4n) is 3.42. The molecule has 2 aromatic rings. The smallest absolute Gasteiger partial charge is 0.244 e. The number of nitrogens with zero attached hydrogens (tertiary/aromatic N) is 2. The van der Waals surface area contributed by atoms with Crippen molar-refractivity contribution < 1.29 is 22.7 Å². The average Bonchev–Trinajstić information content (AvgIpc) is 2.74.